The van der Waals surface area contributed by atoms with E-state index >= 15 is 0 Å². The molecule has 4 nitrogen and oxygen atoms in total. The summed E-state index contributed by atoms with van der Waals surface area (Å²) in [5.74, 6) is 0.736. The lowest BCUT2D eigenvalue weighted by molar-refractivity contribution is 0.0511. The summed E-state index contributed by atoms with van der Waals surface area (Å²) in [5.41, 5.74) is 1.61. The summed E-state index contributed by atoms with van der Waals surface area (Å²) in [5, 5.41) is 12.1. The maximum atomic E-state index is 8.86. The maximum absolute atomic E-state index is 8.86. The second kappa shape index (κ2) is 6.85. The van der Waals surface area contributed by atoms with Gasteiger partial charge in [0, 0.05) is 7.11 Å². The highest BCUT2D eigenvalue weighted by Gasteiger charge is 2.03. The molecule has 4 heteroatoms. The average Bonchev–Trinajstić information content (AvgIpc) is 2.34. The summed E-state index contributed by atoms with van der Waals surface area (Å²) in [7, 11) is 1.58. The molecule has 1 aromatic rings. The van der Waals surface area contributed by atoms with E-state index in [4.69, 9.17) is 14.7 Å². The zero-order valence-electron chi connectivity index (χ0n) is 9.64. The lowest BCUT2D eigenvalue weighted by Gasteiger charge is -2.06. The van der Waals surface area contributed by atoms with E-state index in [-0.39, 0.29) is 6.79 Å². The van der Waals surface area contributed by atoms with Crippen LogP contribution in [0.25, 0.3) is 0 Å². The topological polar surface area (TPSA) is 51.1 Å². The molecule has 0 atom stereocenters. The molecule has 1 aromatic carbocycles. The van der Waals surface area contributed by atoms with E-state index in [9.17, 15) is 0 Å². The monoisotopic (exact) mass is 223 g/mol. The molecular formula is C12H17NO3. The first-order valence-electron chi connectivity index (χ1n) is 5.25. The highest BCUT2D eigenvalue weighted by molar-refractivity contribution is 6.00. The fourth-order valence-corrected chi connectivity index (χ4v) is 1.36. The number of oxime groups is 1. The number of hydrogen-bond donors (Lipinski definition) is 1. The summed E-state index contributed by atoms with van der Waals surface area (Å²) >= 11 is 0. The zero-order valence-corrected chi connectivity index (χ0v) is 9.64. The zero-order chi connectivity index (χ0) is 11.8. The molecule has 0 fully saturated rings. The van der Waals surface area contributed by atoms with Crippen molar-refractivity contribution in [1.29, 1.82) is 0 Å². The minimum Gasteiger partial charge on any atom is -0.468 e. The Balaban J connectivity index is 2.69. The molecule has 1 N–H and O–H groups in total. The van der Waals surface area contributed by atoms with Gasteiger partial charge in [-0.15, -0.1) is 0 Å². The predicted molar refractivity (Wildman–Crippen MR) is 62.2 cm³/mol. The molecule has 0 saturated carbocycles. The van der Waals surface area contributed by atoms with E-state index in [0.29, 0.717) is 5.71 Å². The SMILES string of the molecule is CCC/C(=N\O)c1ccc(OCOC)cc1. The number of rotatable bonds is 6. The van der Waals surface area contributed by atoms with Gasteiger partial charge in [-0.25, -0.2) is 0 Å². The van der Waals surface area contributed by atoms with Gasteiger partial charge in [-0.1, -0.05) is 18.5 Å². The molecule has 0 spiro atoms. The Hall–Kier alpha value is -1.55. The fraction of sp³-hybridized carbons (Fsp3) is 0.417. The van der Waals surface area contributed by atoms with Crippen LogP contribution in [0.5, 0.6) is 5.75 Å². The van der Waals surface area contributed by atoms with Crippen LogP contribution in [0, 0.1) is 0 Å². The van der Waals surface area contributed by atoms with E-state index in [0.717, 1.165) is 24.2 Å². The summed E-state index contributed by atoms with van der Waals surface area (Å²) in [6, 6.07) is 7.40. The lowest BCUT2D eigenvalue weighted by atomic mass is 10.1. The molecule has 0 aliphatic rings. The first-order chi connectivity index (χ1) is 7.81. The van der Waals surface area contributed by atoms with Crippen molar-refractivity contribution in [3.63, 3.8) is 0 Å². The molecule has 0 heterocycles. The van der Waals surface area contributed by atoms with Crippen LogP contribution in [0.15, 0.2) is 29.4 Å². The largest absolute Gasteiger partial charge is 0.468 e. The summed E-state index contributed by atoms with van der Waals surface area (Å²) < 4.78 is 10.1. The van der Waals surface area contributed by atoms with Gasteiger partial charge in [0.05, 0.1) is 5.71 Å². The highest BCUT2D eigenvalue weighted by atomic mass is 16.7. The molecule has 16 heavy (non-hydrogen) atoms. The Morgan fingerprint density at radius 3 is 2.50 bits per heavy atom. The van der Waals surface area contributed by atoms with Crippen LogP contribution in [-0.2, 0) is 4.74 Å². The second-order valence-electron chi connectivity index (χ2n) is 3.37. The van der Waals surface area contributed by atoms with Gasteiger partial charge in [-0.2, -0.15) is 0 Å². The van der Waals surface area contributed by atoms with Crippen LogP contribution in [0.3, 0.4) is 0 Å². The Bertz CT molecular complexity index is 333. The van der Waals surface area contributed by atoms with Gasteiger partial charge in [0.15, 0.2) is 6.79 Å². The standard InChI is InChI=1S/C12H17NO3/c1-3-4-12(13-14)10-5-7-11(8-6-10)16-9-15-2/h5-8,14H,3-4,9H2,1-2H3/b13-12+. The van der Waals surface area contributed by atoms with Gasteiger partial charge < -0.3 is 14.7 Å². The number of hydrogen-bond acceptors (Lipinski definition) is 4. The minimum absolute atomic E-state index is 0.231. The van der Waals surface area contributed by atoms with Gasteiger partial charge in [0.2, 0.25) is 0 Å². The highest BCUT2D eigenvalue weighted by Crippen LogP contribution is 2.14. The number of ether oxygens (including phenoxy) is 2. The third-order valence-electron chi connectivity index (χ3n) is 2.14. The van der Waals surface area contributed by atoms with E-state index in [1.54, 1.807) is 7.11 Å². The molecule has 0 radical (unpaired) electrons. The van der Waals surface area contributed by atoms with Crippen LogP contribution >= 0.6 is 0 Å². The van der Waals surface area contributed by atoms with Crippen molar-refractivity contribution in [3.05, 3.63) is 29.8 Å². The summed E-state index contributed by atoms with van der Waals surface area (Å²) in [4.78, 5) is 0. The van der Waals surface area contributed by atoms with Crippen molar-refractivity contribution in [3.8, 4) is 5.75 Å². The van der Waals surface area contributed by atoms with Crippen LogP contribution < -0.4 is 4.74 Å². The Morgan fingerprint density at radius 1 is 1.31 bits per heavy atom. The summed E-state index contributed by atoms with van der Waals surface area (Å²) in [6.45, 7) is 2.27. The molecule has 88 valence electrons. The third-order valence-corrected chi connectivity index (χ3v) is 2.14. The van der Waals surface area contributed by atoms with E-state index in [2.05, 4.69) is 5.16 Å². The van der Waals surface area contributed by atoms with Gasteiger partial charge in [0.1, 0.15) is 5.75 Å². The molecule has 0 unspecified atom stereocenters. The Morgan fingerprint density at radius 2 is 2.00 bits per heavy atom. The van der Waals surface area contributed by atoms with E-state index < -0.39 is 0 Å². The predicted octanol–water partition coefficient (Wildman–Crippen LogP) is 2.65. The van der Waals surface area contributed by atoms with Crippen LogP contribution in [0.1, 0.15) is 25.3 Å². The fourth-order valence-electron chi connectivity index (χ4n) is 1.36. The van der Waals surface area contributed by atoms with Gasteiger partial charge >= 0.3 is 0 Å². The number of nitrogens with zero attached hydrogens (tertiary/aromatic N) is 1. The molecule has 0 saturated heterocycles. The van der Waals surface area contributed by atoms with E-state index in [1.807, 2.05) is 31.2 Å². The summed E-state index contributed by atoms with van der Waals surface area (Å²) in [6.07, 6.45) is 1.70. The molecule has 1 rings (SSSR count). The van der Waals surface area contributed by atoms with Crippen molar-refractivity contribution in [1.82, 2.24) is 0 Å². The average molecular weight is 223 g/mol. The normalized spacial score (nSPS) is 11.5. The maximum Gasteiger partial charge on any atom is 0.188 e. The van der Waals surface area contributed by atoms with Crippen molar-refractivity contribution in [2.75, 3.05) is 13.9 Å². The lowest BCUT2D eigenvalue weighted by Crippen LogP contribution is -2.02. The van der Waals surface area contributed by atoms with Crippen molar-refractivity contribution in [2.24, 2.45) is 5.16 Å². The Labute approximate surface area is 95.5 Å². The van der Waals surface area contributed by atoms with E-state index in [1.165, 1.54) is 0 Å². The molecule has 0 aliphatic carbocycles. The van der Waals surface area contributed by atoms with Gasteiger partial charge in [0.25, 0.3) is 0 Å². The van der Waals surface area contributed by atoms with Crippen molar-refractivity contribution >= 4 is 5.71 Å². The molecule has 0 aromatic heterocycles. The molecule has 0 aliphatic heterocycles. The number of methoxy groups -OCH3 is 1. The molecule has 0 bridgehead atoms. The number of benzene rings is 1. The first-order valence-corrected chi connectivity index (χ1v) is 5.25. The van der Waals surface area contributed by atoms with Gasteiger partial charge in [-0.05, 0) is 36.2 Å². The minimum atomic E-state index is 0.231. The third kappa shape index (κ3) is 3.55. The van der Waals surface area contributed by atoms with Crippen LogP contribution in [0.2, 0.25) is 0 Å². The Kier molecular flexibility index (Phi) is 5.36. The van der Waals surface area contributed by atoms with Crippen molar-refractivity contribution < 1.29 is 14.7 Å². The van der Waals surface area contributed by atoms with Crippen LogP contribution in [-0.4, -0.2) is 24.8 Å². The van der Waals surface area contributed by atoms with Crippen molar-refractivity contribution in [2.45, 2.75) is 19.8 Å². The van der Waals surface area contributed by atoms with Crippen LogP contribution in [0.4, 0.5) is 0 Å². The molecule has 0 amide bonds. The quantitative estimate of drug-likeness (QED) is 0.349. The molecular weight excluding hydrogens is 206 g/mol. The van der Waals surface area contributed by atoms with Gasteiger partial charge in [-0.3, -0.25) is 0 Å². The first kappa shape index (κ1) is 12.5. The second-order valence-corrected chi connectivity index (χ2v) is 3.37. The smallest absolute Gasteiger partial charge is 0.188 e.